The lowest BCUT2D eigenvalue weighted by Gasteiger charge is -2.07. The van der Waals surface area contributed by atoms with E-state index in [1.165, 1.54) is 0 Å². The summed E-state index contributed by atoms with van der Waals surface area (Å²) in [4.78, 5) is 21.3. The first-order valence-electron chi connectivity index (χ1n) is 4.57. The highest BCUT2D eigenvalue weighted by molar-refractivity contribution is 5.93. The van der Waals surface area contributed by atoms with Crippen molar-refractivity contribution >= 4 is 12.4 Å². The average molecular weight is 206 g/mol. The van der Waals surface area contributed by atoms with E-state index in [4.69, 9.17) is 4.74 Å². The zero-order valence-corrected chi connectivity index (χ0v) is 8.28. The van der Waals surface area contributed by atoms with Gasteiger partial charge in [-0.3, -0.25) is 4.79 Å². The molecular formula is C11H10O4. The van der Waals surface area contributed by atoms with E-state index in [1.54, 1.807) is 12.1 Å². The van der Waals surface area contributed by atoms with Gasteiger partial charge in [-0.2, -0.15) is 0 Å². The molecule has 4 nitrogen and oxygen atoms in total. The molecule has 4 heteroatoms. The van der Waals surface area contributed by atoms with Gasteiger partial charge in [-0.1, -0.05) is 6.07 Å². The Morgan fingerprint density at radius 2 is 2.33 bits per heavy atom. The van der Waals surface area contributed by atoms with Gasteiger partial charge < -0.3 is 9.47 Å². The van der Waals surface area contributed by atoms with Gasteiger partial charge in [-0.15, -0.1) is 0 Å². The molecule has 1 aliphatic rings. The number of cyclic esters (lactones) is 1. The summed E-state index contributed by atoms with van der Waals surface area (Å²) in [7, 11) is 0. The van der Waals surface area contributed by atoms with Crippen LogP contribution >= 0.6 is 0 Å². The fourth-order valence-corrected chi connectivity index (χ4v) is 1.68. The van der Waals surface area contributed by atoms with Gasteiger partial charge in [0.25, 0.3) is 6.47 Å². The maximum absolute atomic E-state index is 11.2. The summed E-state index contributed by atoms with van der Waals surface area (Å²) < 4.78 is 9.59. The molecule has 0 N–H and O–H groups in total. The molecule has 0 aliphatic carbocycles. The molecule has 0 saturated carbocycles. The number of fused-ring (bicyclic) bond motifs is 1. The van der Waals surface area contributed by atoms with Crippen LogP contribution in [0, 0.1) is 6.92 Å². The molecule has 0 saturated heterocycles. The summed E-state index contributed by atoms with van der Waals surface area (Å²) in [6, 6.07) is 3.49. The smallest absolute Gasteiger partial charge is 0.338 e. The van der Waals surface area contributed by atoms with Crippen LogP contribution in [0.2, 0.25) is 0 Å². The first kappa shape index (κ1) is 9.71. The lowest BCUT2D eigenvalue weighted by Crippen LogP contribution is -1.99. The predicted octanol–water partition coefficient (Wildman–Crippen LogP) is 1.34. The van der Waals surface area contributed by atoms with E-state index in [0.29, 0.717) is 18.6 Å². The molecule has 1 aromatic carbocycles. The van der Waals surface area contributed by atoms with Crippen molar-refractivity contribution in [3.8, 4) is 0 Å². The lowest BCUT2D eigenvalue weighted by atomic mass is 9.99. The molecule has 15 heavy (non-hydrogen) atoms. The Bertz CT molecular complexity index is 423. The highest BCUT2D eigenvalue weighted by Gasteiger charge is 2.23. The van der Waals surface area contributed by atoms with Crippen LogP contribution in [0.15, 0.2) is 12.1 Å². The van der Waals surface area contributed by atoms with Crippen molar-refractivity contribution in [2.24, 2.45) is 0 Å². The van der Waals surface area contributed by atoms with Crippen LogP contribution in [0.25, 0.3) is 0 Å². The van der Waals surface area contributed by atoms with Crippen molar-refractivity contribution in [2.75, 3.05) is 0 Å². The van der Waals surface area contributed by atoms with Gasteiger partial charge in [-0.05, 0) is 24.1 Å². The molecule has 0 amide bonds. The predicted molar refractivity (Wildman–Crippen MR) is 51.2 cm³/mol. The maximum atomic E-state index is 11.2. The molecule has 0 fully saturated rings. The fourth-order valence-electron chi connectivity index (χ4n) is 1.68. The Morgan fingerprint density at radius 3 is 3.07 bits per heavy atom. The van der Waals surface area contributed by atoms with Crippen molar-refractivity contribution < 1.29 is 19.1 Å². The van der Waals surface area contributed by atoms with Crippen LogP contribution in [-0.2, 0) is 27.5 Å². The number of ether oxygens (including phenoxy) is 2. The van der Waals surface area contributed by atoms with E-state index in [0.717, 1.165) is 16.7 Å². The number of carbonyl (C=O) groups is 2. The van der Waals surface area contributed by atoms with Crippen LogP contribution in [0.4, 0.5) is 0 Å². The van der Waals surface area contributed by atoms with Crippen LogP contribution in [-0.4, -0.2) is 12.4 Å². The standard InChI is InChI=1S/C11H10O4/c1-7-8(4-14-6-12)2-3-9-10(7)5-15-11(9)13/h2-3,6H,4-5H2,1H3. The first-order chi connectivity index (χ1) is 7.24. The Kier molecular flexibility index (Phi) is 2.41. The molecule has 2 rings (SSSR count). The van der Waals surface area contributed by atoms with E-state index < -0.39 is 0 Å². The van der Waals surface area contributed by atoms with Gasteiger partial charge in [0.1, 0.15) is 13.2 Å². The number of benzene rings is 1. The summed E-state index contributed by atoms with van der Waals surface area (Å²) in [5.41, 5.74) is 3.37. The van der Waals surface area contributed by atoms with Gasteiger partial charge >= 0.3 is 5.97 Å². The van der Waals surface area contributed by atoms with Crippen LogP contribution in [0.5, 0.6) is 0 Å². The van der Waals surface area contributed by atoms with Crippen molar-refractivity contribution in [3.63, 3.8) is 0 Å². The third-order valence-corrected chi connectivity index (χ3v) is 2.59. The normalized spacial score (nSPS) is 13.3. The number of hydrogen-bond acceptors (Lipinski definition) is 4. The van der Waals surface area contributed by atoms with E-state index in [1.807, 2.05) is 6.92 Å². The number of esters is 1. The Hall–Kier alpha value is -1.84. The Labute approximate surface area is 86.8 Å². The van der Waals surface area contributed by atoms with E-state index in [9.17, 15) is 9.59 Å². The van der Waals surface area contributed by atoms with Gasteiger partial charge in [0, 0.05) is 5.56 Å². The van der Waals surface area contributed by atoms with Crippen molar-refractivity contribution in [2.45, 2.75) is 20.1 Å². The van der Waals surface area contributed by atoms with E-state index in [2.05, 4.69) is 4.74 Å². The minimum atomic E-state index is -0.282. The zero-order chi connectivity index (χ0) is 10.8. The monoisotopic (exact) mass is 206 g/mol. The molecule has 78 valence electrons. The van der Waals surface area contributed by atoms with Crippen LogP contribution in [0.1, 0.15) is 27.0 Å². The molecule has 1 aliphatic heterocycles. The van der Waals surface area contributed by atoms with Crippen molar-refractivity contribution in [1.29, 1.82) is 0 Å². The number of hydrogen-bond donors (Lipinski definition) is 0. The third kappa shape index (κ3) is 1.58. The second kappa shape index (κ2) is 3.73. The van der Waals surface area contributed by atoms with Crippen LogP contribution < -0.4 is 0 Å². The Balaban J connectivity index is 2.37. The van der Waals surface area contributed by atoms with E-state index in [-0.39, 0.29) is 12.6 Å². The van der Waals surface area contributed by atoms with E-state index >= 15 is 0 Å². The summed E-state index contributed by atoms with van der Waals surface area (Å²) in [5, 5.41) is 0. The second-order valence-electron chi connectivity index (χ2n) is 3.36. The average Bonchev–Trinajstić information content (AvgIpc) is 2.61. The SMILES string of the molecule is Cc1c(COC=O)ccc2c1COC2=O. The molecule has 0 unspecified atom stereocenters. The molecule has 1 aromatic rings. The van der Waals surface area contributed by atoms with Gasteiger partial charge in [0.2, 0.25) is 0 Å². The topological polar surface area (TPSA) is 52.6 Å². The fraction of sp³-hybridized carbons (Fsp3) is 0.273. The molecule has 0 aromatic heterocycles. The van der Waals surface area contributed by atoms with Crippen molar-refractivity contribution in [3.05, 3.63) is 34.4 Å². The zero-order valence-electron chi connectivity index (χ0n) is 8.28. The highest BCUT2D eigenvalue weighted by Crippen LogP contribution is 2.25. The second-order valence-corrected chi connectivity index (χ2v) is 3.36. The molecule has 0 radical (unpaired) electrons. The number of rotatable bonds is 3. The van der Waals surface area contributed by atoms with Gasteiger partial charge in [0.05, 0.1) is 5.56 Å². The van der Waals surface area contributed by atoms with Gasteiger partial charge in [0.15, 0.2) is 0 Å². The van der Waals surface area contributed by atoms with Crippen molar-refractivity contribution in [1.82, 2.24) is 0 Å². The summed E-state index contributed by atoms with van der Waals surface area (Å²) >= 11 is 0. The summed E-state index contributed by atoms with van der Waals surface area (Å²) in [6.45, 7) is 2.85. The van der Waals surface area contributed by atoms with Gasteiger partial charge in [-0.25, -0.2) is 4.79 Å². The van der Waals surface area contributed by atoms with Crippen LogP contribution in [0.3, 0.4) is 0 Å². The minimum Gasteiger partial charge on any atom is -0.463 e. The maximum Gasteiger partial charge on any atom is 0.338 e. The largest absolute Gasteiger partial charge is 0.463 e. The minimum absolute atomic E-state index is 0.233. The molecule has 0 atom stereocenters. The molecule has 1 heterocycles. The number of carbonyl (C=O) groups excluding carboxylic acids is 2. The molecule has 0 spiro atoms. The lowest BCUT2D eigenvalue weighted by molar-refractivity contribution is -0.129. The Morgan fingerprint density at radius 1 is 1.53 bits per heavy atom. The molecule has 0 bridgehead atoms. The highest BCUT2D eigenvalue weighted by atomic mass is 16.5. The first-order valence-corrected chi connectivity index (χ1v) is 4.57. The molecular weight excluding hydrogens is 196 g/mol. The quantitative estimate of drug-likeness (QED) is 0.553. The summed E-state index contributed by atoms with van der Waals surface area (Å²) in [6.07, 6.45) is 0. The summed E-state index contributed by atoms with van der Waals surface area (Å²) in [5.74, 6) is -0.282. The third-order valence-electron chi connectivity index (χ3n) is 2.59.